The molecule has 6 nitrogen and oxygen atoms in total. The second-order valence-electron chi connectivity index (χ2n) is 4.75. The first-order valence-electron chi connectivity index (χ1n) is 6.15. The maximum absolute atomic E-state index is 12.3. The largest absolute Gasteiger partial charge is 0.477 e. The lowest BCUT2D eigenvalue weighted by Crippen LogP contribution is -2.39. The summed E-state index contributed by atoms with van der Waals surface area (Å²) in [5, 5.41) is 18.1. The van der Waals surface area contributed by atoms with Crippen LogP contribution in [-0.2, 0) is 0 Å². The highest BCUT2D eigenvalue weighted by atomic mass is 16.4. The highest BCUT2D eigenvalue weighted by Crippen LogP contribution is 2.25. The number of pyridine rings is 1. The number of likely N-dealkylation sites (tertiary alicyclic amines) is 1. The van der Waals surface area contributed by atoms with Crippen LogP contribution in [0.5, 0.6) is 0 Å². The number of carbonyl (C=O) groups excluding carboxylic acids is 1. The summed E-state index contributed by atoms with van der Waals surface area (Å²) < 4.78 is 0. The van der Waals surface area contributed by atoms with E-state index in [0.717, 1.165) is 6.42 Å². The van der Waals surface area contributed by atoms with Crippen molar-refractivity contribution in [2.24, 2.45) is 5.92 Å². The lowest BCUT2D eigenvalue weighted by atomic mass is 10.0. The molecule has 1 aromatic heterocycles. The van der Waals surface area contributed by atoms with Gasteiger partial charge in [-0.05, 0) is 24.5 Å². The van der Waals surface area contributed by atoms with Crippen LogP contribution in [0, 0.1) is 5.92 Å². The number of aromatic carboxylic acids is 1. The number of hydrogen-bond acceptors (Lipinski definition) is 4. The lowest BCUT2D eigenvalue weighted by Gasteiger charge is -2.25. The summed E-state index contributed by atoms with van der Waals surface area (Å²) in [6, 6.07) is 2.59. The average molecular weight is 264 g/mol. The summed E-state index contributed by atoms with van der Waals surface area (Å²) >= 11 is 0. The van der Waals surface area contributed by atoms with Crippen molar-refractivity contribution in [1.82, 2.24) is 9.88 Å². The van der Waals surface area contributed by atoms with Gasteiger partial charge in [-0.1, -0.05) is 6.92 Å². The van der Waals surface area contributed by atoms with E-state index in [-0.39, 0.29) is 30.2 Å². The predicted molar refractivity (Wildman–Crippen MR) is 66.9 cm³/mol. The number of hydrogen-bond donors (Lipinski definition) is 2. The van der Waals surface area contributed by atoms with Crippen molar-refractivity contribution in [3.05, 3.63) is 29.6 Å². The van der Waals surface area contributed by atoms with Gasteiger partial charge in [-0.15, -0.1) is 0 Å². The van der Waals surface area contributed by atoms with E-state index in [1.165, 1.54) is 18.3 Å². The first-order chi connectivity index (χ1) is 9.04. The van der Waals surface area contributed by atoms with Gasteiger partial charge < -0.3 is 15.1 Å². The van der Waals surface area contributed by atoms with Gasteiger partial charge >= 0.3 is 5.97 Å². The van der Waals surface area contributed by atoms with Gasteiger partial charge in [0.25, 0.3) is 5.91 Å². The molecule has 0 spiro atoms. The Kier molecular flexibility index (Phi) is 3.80. The second-order valence-corrected chi connectivity index (χ2v) is 4.75. The molecular formula is C13H16N2O4. The maximum Gasteiger partial charge on any atom is 0.354 e. The van der Waals surface area contributed by atoms with Gasteiger partial charge in [0.2, 0.25) is 0 Å². The Hall–Kier alpha value is -1.95. The Morgan fingerprint density at radius 1 is 1.47 bits per heavy atom. The molecule has 2 unspecified atom stereocenters. The molecule has 102 valence electrons. The summed E-state index contributed by atoms with van der Waals surface area (Å²) in [4.78, 5) is 28.3. The van der Waals surface area contributed by atoms with Crippen molar-refractivity contribution in [3.63, 3.8) is 0 Å². The number of carbonyl (C=O) groups is 2. The quantitative estimate of drug-likeness (QED) is 0.835. The molecule has 2 atom stereocenters. The molecule has 0 aromatic carbocycles. The van der Waals surface area contributed by atoms with Crippen molar-refractivity contribution >= 4 is 11.9 Å². The zero-order valence-electron chi connectivity index (χ0n) is 10.6. The van der Waals surface area contributed by atoms with Crippen LogP contribution in [0.3, 0.4) is 0 Å². The number of carboxylic acid groups (broad SMARTS) is 1. The lowest BCUT2D eigenvalue weighted by molar-refractivity contribution is 0.0644. The van der Waals surface area contributed by atoms with Crippen molar-refractivity contribution in [2.45, 2.75) is 19.4 Å². The van der Waals surface area contributed by atoms with Gasteiger partial charge in [-0.3, -0.25) is 4.79 Å². The fraction of sp³-hybridized carbons (Fsp3) is 0.462. The highest BCUT2D eigenvalue weighted by molar-refractivity contribution is 5.95. The van der Waals surface area contributed by atoms with Crippen LogP contribution in [0.15, 0.2) is 18.3 Å². The molecule has 0 radical (unpaired) electrons. The molecule has 0 bridgehead atoms. The fourth-order valence-corrected chi connectivity index (χ4v) is 2.35. The normalized spacial score (nSPS) is 22.5. The molecular weight excluding hydrogens is 248 g/mol. The van der Waals surface area contributed by atoms with E-state index in [4.69, 9.17) is 5.11 Å². The number of aliphatic hydroxyl groups is 1. The molecule has 1 aromatic rings. The molecule has 2 N–H and O–H groups in total. The Bertz CT molecular complexity index is 486. The van der Waals surface area contributed by atoms with Crippen LogP contribution in [0.1, 0.15) is 34.2 Å². The SMILES string of the molecule is CC1CCN(C(=O)c2ccc(C(=O)O)nc2)C1CO. The van der Waals surface area contributed by atoms with Crippen molar-refractivity contribution in [3.8, 4) is 0 Å². The van der Waals surface area contributed by atoms with Crippen molar-refractivity contribution < 1.29 is 19.8 Å². The molecule has 1 aliphatic rings. The summed E-state index contributed by atoms with van der Waals surface area (Å²) in [6.07, 6.45) is 2.13. The van der Waals surface area contributed by atoms with Crippen molar-refractivity contribution in [2.75, 3.05) is 13.2 Å². The zero-order chi connectivity index (χ0) is 14.0. The molecule has 1 saturated heterocycles. The van der Waals surface area contributed by atoms with Crippen LogP contribution in [0.2, 0.25) is 0 Å². The van der Waals surface area contributed by atoms with Gasteiger partial charge in [0, 0.05) is 12.7 Å². The molecule has 2 rings (SSSR count). The minimum Gasteiger partial charge on any atom is -0.477 e. The standard InChI is InChI=1S/C13H16N2O4/c1-8-4-5-15(11(8)7-16)12(17)9-2-3-10(13(18)19)14-6-9/h2-3,6,8,11,16H,4-5,7H2,1H3,(H,18,19). The number of aliphatic hydroxyl groups excluding tert-OH is 1. The monoisotopic (exact) mass is 264 g/mol. The van der Waals surface area contributed by atoms with E-state index in [1.54, 1.807) is 4.90 Å². The Morgan fingerprint density at radius 3 is 2.74 bits per heavy atom. The zero-order valence-corrected chi connectivity index (χ0v) is 10.6. The van der Waals surface area contributed by atoms with Crippen LogP contribution >= 0.6 is 0 Å². The van der Waals surface area contributed by atoms with E-state index in [9.17, 15) is 14.7 Å². The minimum atomic E-state index is -1.12. The Balaban J connectivity index is 2.17. The van der Waals surface area contributed by atoms with Gasteiger partial charge in [0.1, 0.15) is 5.69 Å². The highest BCUT2D eigenvalue weighted by Gasteiger charge is 2.34. The van der Waals surface area contributed by atoms with E-state index < -0.39 is 5.97 Å². The summed E-state index contributed by atoms with van der Waals surface area (Å²) in [5.41, 5.74) is 0.252. The number of nitrogens with zero attached hydrogens (tertiary/aromatic N) is 2. The fourth-order valence-electron chi connectivity index (χ4n) is 2.35. The number of amides is 1. The van der Waals surface area contributed by atoms with E-state index in [1.807, 2.05) is 6.92 Å². The molecule has 6 heteroatoms. The second kappa shape index (κ2) is 5.36. The van der Waals surface area contributed by atoms with Gasteiger partial charge in [-0.25, -0.2) is 9.78 Å². The third kappa shape index (κ3) is 2.58. The first-order valence-corrected chi connectivity index (χ1v) is 6.15. The molecule has 1 fully saturated rings. The Morgan fingerprint density at radius 2 is 2.21 bits per heavy atom. The molecule has 2 heterocycles. The summed E-state index contributed by atoms with van der Waals surface area (Å²) in [5.74, 6) is -1.07. The summed E-state index contributed by atoms with van der Waals surface area (Å²) in [6.45, 7) is 2.54. The third-order valence-electron chi connectivity index (χ3n) is 3.56. The van der Waals surface area contributed by atoms with Crippen molar-refractivity contribution in [1.29, 1.82) is 0 Å². The number of carboxylic acids is 1. The number of aromatic nitrogens is 1. The van der Waals surface area contributed by atoms with Crippen LogP contribution < -0.4 is 0 Å². The number of rotatable bonds is 3. The smallest absolute Gasteiger partial charge is 0.354 e. The van der Waals surface area contributed by atoms with E-state index >= 15 is 0 Å². The molecule has 0 saturated carbocycles. The van der Waals surface area contributed by atoms with Gasteiger partial charge in [0.05, 0.1) is 18.2 Å². The molecule has 0 aliphatic carbocycles. The molecule has 1 amide bonds. The Labute approximate surface area is 110 Å². The van der Waals surface area contributed by atoms with Crippen LogP contribution in [-0.4, -0.2) is 51.2 Å². The van der Waals surface area contributed by atoms with E-state index in [0.29, 0.717) is 12.1 Å². The minimum absolute atomic E-state index is 0.0620. The maximum atomic E-state index is 12.3. The van der Waals surface area contributed by atoms with E-state index in [2.05, 4.69) is 4.98 Å². The molecule has 19 heavy (non-hydrogen) atoms. The predicted octanol–water partition coefficient (Wildman–Crippen LogP) is 0.623. The first kappa shape index (κ1) is 13.5. The average Bonchev–Trinajstić information content (AvgIpc) is 2.79. The molecule has 1 aliphatic heterocycles. The topological polar surface area (TPSA) is 90.7 Å². The summed E-state index contributed by atoms with van der Waals surface area (Å²) in [7, 11) is 0. The van der Waals surface area contributed by atoms with Gasteiger partial charge in [0.15, 0.2) is 0 Å². The van der Waals surface area contributed by atoms with Crippen LogP contribution in [0.25, 0.3) is 0 Å². The van der Waals surface area contributed by atoms with Crippen LogP contribution in [0.4, 0.5) is 0 Å². The third-order valence-corrected chi connectivity index (χ3v) is 3.56. The van der Waals surface area contributed by atoms with Gasteiger partial charge in [-0.2, -0.15) is 0 Å².